The molecule has 1 N–H and O–H groups in total. The lowest BCUT2D eigenvalue weighted by Gasteiger charge is -2.11. The monoisotopic (exact) mass is 285 g/mol. The standard InChI is InChI=1S/C17H19NO3/c1-13(19)16-5-3-4-6-17(16)21-12-11-20-15-9-7-14(18-2)8-10-15/h3-10,18H,11-12H2,1-2H3. The minimum Gasteiger partial charge on any atom is -0.490 e. The maximum Gasteiger partial charge on any atom is 0.163 e. The van der Waals surface area contributed by atoms with E-state index in [1.807, 2.05) is 43.4 Å². The van der Waals surface area contributed by atoms with Gasteiger partial charge in [-0.1, -0.05) is 12.1 Å². The molecule has 0 unspecified atom stereocenters. The molecule has 0 radical (unpaired) electrons. The van der Waals surface area contributed by atoms with Crippen LogP contribution in [0.25, 0.3) is 0 Å². The molecule has 0 fully saturated rings. The van der Waals surface area contributed by atoms with E-state index in [9.17, 15) is 4.79 Å². The minimum absolute atomic E-state index is 0.00540. The summed E-state index contributed by atoms with van der Waals surface area (Å²) in [5, 5.41) is 3.05. The summed E-state index contributed by atoms with van der Waals surface area (Å²) in [6, 6.07) is 14.9. The quantitative estimate of drug-likeness (QED) is 0.626. The predicted molar refractivity (Wildman–Crippen MR) is 83.4 cm³/mol. The molecule has 0 atom stereocenters. The number of rotatable bonds is 7. The fraction of sp³-hybridized carbons (Fsp3) is 0.235. The number of ketones is 1. The zero-order valence-electron chi connectivity index (χ0n) is 12.3. The highest BCUT2D eigenvalue weighted by atomic mass is 16.5. The molecule has 0 amide bonds. The molecule has 2 rings (SSSR count). The largest absolute Gasteiger partial charge is 0.490 e. The minimum atomic E-state index is -0.00540. The summed E-state index contributed by atoms with van der Waals surface area (Å²) in [5.41, 5.74) is 1.63. The molecule has 2 aromatic rings. The van der Waals surface area contributed by atoms with Gasteiger partial charge < -0.3 is 14.8 Å². The fourth-order valence-electron chi connectivity index (χ4n) is 1.91. The van der Waals surface area contributed by atoms with Crippen molar-refractivity contribution in [1.29, 1.82) is 0 Å². The van der Waals surface area contributed by atoms with Crippen LogP contribution in [0.3, 0.4) is 0 Å². The van der Waals surface area contributed by atoms with Crippen LogP contribution in [-0.4, -0.2) is 26.0 Å². The number of anilines is 1. The van der Waals surface area contributed by atoms with Crippen molar-refractivity contribution in [1.82, 2.24) is 0 Å². The van der Waals surface area contributed by atoms with E-state index in [0.717, 1.165) is 11.4 Å². The summed E-state index contributed by atoms with van der Waals surface area (Å²) in [6.45, 7) is 2.34. The van der Waals surface area contributed by atoms with Crippen molar-refractivity contribution in [2.24, 2.45) is 0 Å². The number of ether oxygens (including phenoxy) is 2. The molecule has 4 nitrogen and oxygen atoms in total. The second-order valence-corrected chi connectivity index (χ2v) is 4.52. The zero-order chi connectivity index (χ0) is 15.1. The van der Waals surface area contributed by atoms with Gasteiger partial charge in [0.05, 0.1) is 5.56 Å². The average molecular weight is 285 g/mol. The molecule has 21 heavy (non-hydrogen) atoms. The Labute approximate surface area is 124 Å². The lowest BCUT2D eigenvalue weighted by molar-refractivity contribution is 0.101. The first-order valence-electron chi connectivity index (χ1n) is 6.84. The van der Waals surface area contributed by atoms with Gasteiger partial charge in [0.25, 0.3) is 0 Å². The maximum atomic E-state index is 11.5. The molecule has 0 aliphatic carbocycles. The highest BCUT2D eigenvalue weighted by Crippen LogP contribution is 2.19. The summed E-state index contributed by atoms with van der Waals surface area (Å²) in [5.74, 6) is 1.38. The lowest BCUT2D eigenvalue weighted by Crippen LogP contribution is -2.10. The Balaban J connectivity index is 1.83. The first kappa shape index (κ1) is 14.9. The van der Waals surface area contributed by atoms with Crippen LogP contribution in [0.2, 0.25) is 0 Å². The molecule has 0 spiro atoms. The van der Waals surface area contributed by atoms with Gasteiger partial charge in [-0.25, -0.2) is 0 Å². The van der Waals surface area contributed by atoms with E-state index in [2.05, 4.69) is 5.32 Å². The zero-order valence-corrected chi connectivity index (χ0v) is 12.3. The third-order valence-electron chi connectivity index (χ3n) is 3.02. The average Bonchev–Trinajstić information content (AvgIpc) is 2.52. The van der Waals surface area contributed by atoms with Gasteiger partial charge in [-0.05, 0) is 43.3 Å². The van der Waals surface area contributed by atoms with Crippen LogP contribution in [0, 0.1) is 0 Å². The first-order valence-corrected chi connectivity index (χ1v) is 6.84. The van der Waals surface area contributed by atoms with Crippen molar-refractivity contribution in [3.63, 3.8) is 0 Å². The van der Waals surface area contributed by atoms with Gasteiger partial charge in [-0.3, -0.25) is 4.79 Å². The summed E-state index contributed by atoms with van der Waals surface area (Å²) in [4.78, 5) is 11.5. The Morgan fingerprint density at radius 1 is 1.00 bits per heavy atom. The summed E-state index contributed by atoms with van der Waals surface area (Å²) in [7, 11) is 1.87. The van der Waals surface area contributed by atoms with Crippen molar-refractivity contribution in [2.75, 3.05) is 25.6 Å². The molecular weight excluding hydrogens is 266 g/mol. The third kappa shape index (κ3) is 4.24. The van der Waals surface area contributed by atoms with Gasteiger partial charge in [-0.15, -0.1) is 0 Å². The molecule has 0 aromatic heterocycles. The highest BCUT2D eigenvalue weighted by Gasteiger charge is 2.06. The van der Waals surface area contributed by atoms with E-state index in [0.29, 0.717) is 24.5 Å². The van der Waals surface area contributed by atoms with E-state index >= 15 is 0 Å². The van der Waals surface area contributed by atoms with Crippen molar-refractivity contribution in [3.05, 3.63) is 54.1 Å². The van der Waals surface area contributed by atoms with Crippen molar-refractivity contribution in [3.8, 4) is 11.5 Å². The number of hydrogen-bond donors (Lipinski definition) is 1. The van der Waals surface area contributed by atoms with E-state index in [1.54, 1.807) is 12.1 Å². The molecule has 4 heteroatoms. The molecule has 0 saturated heterocycles. The van der Waals surface area contributed by atoms with Crippen LogP contribution >= 0.6 is 0 Å². The van der Waals surface area contributed by atoms with E-state index in [1.165, 1.54) is 6.92 Å². The van der Waals surface area contributed by atoms with Gasteiger partial charge in [0.2, 0.25) is 0 Å². The van der Waals surface area contributed by atoms with Crippen LogP contribution in [0.5, 0.6) is 11.5 Å². The SMILES string of the molecule is CNc1ccc(OCCOc2ccccc2C(C)=O)cc1. The number of para-hydroxylation sites is 1. The normalized spacial score (nSPS) is 10.0. The topological polar surface area (TPSA) is 47.6 Å². The van der Waals surface area contributed by atoms with Gasteiger partial charge >= 0.3 is 0 Å². The number of carbonyl (C=O) groups is 1. The third-order valence-corrected chi connectivity index (χ3v) is 3.02. The second kappa shape index (κ2) is 7.33. The van der Waals surface area contributed by atoms with Crippen molar-refractivity contribution < 1.29 is 14.3 Å². The number of carbonyl (C=O) groups excluding carboxylic acids is 1. The maximum absolute atomic E-state index is 11.5. The molecule has 0 heterocycles. The van der Waals surface area contributed by atoms with Crippen molar-refractivity contribution >= 4 is 11.5 Å². The van der Waals surface area contributed by atoms with Gasteiger partial charge in [-0.2, -0.15) is 0 Å². The van der Waals surface area contributed by atoms with Crippen molar-refractivity contribution in [2.45, 2.75) is 6.92 Å². The summed E-state index contributed by atoms with van der Waals surface area (Å²) < 4.78 is 11.2. The van der Waals surface area contributed by atoms with Crippen LogP contribution in [0.4, 0.5) is 5.69 Å². The Hall–Kier alpha value is -2.49. The molecule has 0 aliphatic rings. The Morgan fingerprint density at radius 2 is 1.67 bits per heavy atom. The summed E-state index contributed by atoms with van der Waals surface area (Å²) >= 11 is 0. The smallest absolute Gasteiger partial charge is 0.163 e. The Bertz CT molecular complexity index is 593. The van der Waals surface area contributed by atoms with E-state index < -0.39 is 0 Å². The number of nitrogens with one attached hydrogen (secondary N) is 1. The molecule has 0 bridgehead atoms. The Morgan fingerprint density at radius 3 is 2.33 bits per heavy atom. The van der Waals surface area contributed by atoms with Crippen LogP contribution in [0.1, 0.15) is 17.3 Å². The molecular formula is C17H19NO3. The molecule has 2 aromatic carbocycles. The lowest BCUT2D eigenvalue weighted by atomic mass is 10.1. The number of hydrogen-bond acceptors (Lipinski definition) is 4. The fourth-order valence-corrected chi connectivity index (χ4v) is 1.91. The van der Waals surface area contributed by atoms with E-state index in [4.69, 9.17) is 9.47 Å². The van der Waals surface area contributed by atoms with Gasteiger partial charge in [0.15, 0.2) is 5.78 Å². The van der Waals surface area contributed by atoms with Crippen LogP contribution < -0.4 is 14.8 Å². The first-order chi connectivity index (χ1) is 10.2. The van der Waals surface area contributed by atoms with E-state index in [-0.39, 0.29) is 5.78 Å². The second-order valence-electron chi connectivity index (χ2n) is 4.52. The Kier molecular flexibility index (Phi) is 5.21. The van der Waals surface area contributed by atoms with Crippen LogP contribution in [0.15, 0.2) is 48.5 Å². The summed E-state index contributed by atoms with van der Waals surface area (Å²) in [6.07, 6.45) is 0. The van der Waals surface area contributed by atoms with Gasteiger partial charge in [0, 0.05) is 12.7 Å². The molecule has 0 aliphatic heterocycles. The molecule has 0 saturated carbocycles. The number of benzene rings is 2. The molecule has 110 valence electrons. The highest BCUT2D eigenvalue weighted by molar-refractivity contribution is 5.96. The predicted octanol–water partition coefficient (Wildman–Crippen LogP) is 3.39. The number of Topliss-reactive ketones (excluding diaryl/α,β-unsaturated/α-hetero) is 1. The van der Waals surface area contributed by atoms with Crippen LogP contribution in [-0.2, 0) is 0 Å². The van der Waals surface area contributed by atoms with Gasteiger partial charge in [0.1, 0.15) is 24.7 Å².